The first-order valence-electron chi connectivity index (χ1n) is 5.93. The number of para-hydroxylation sites is 1. The van der Waals surface area contributed by atoms with Gasteiger partial charge >= 0.3 is 6.09 Å². The molecule has 1 N–H and O–H groups in total. The quantitative estimate of drug-likeness (QED) is 0.920. The fraction of sp³-hybridized carbons (Fsp3) is 0.143. The van der Waals surface area contributed by atoms with Crippen LogP contribution in [0.25, 0.3) is 0 Å². The summed E-state index contributed by atoms with van der Waals surface area (Å²) in [5, 5.41) is 2.57. The maximum atomic E-state index is 11.6. The number of aromatic nitrogens is 1. The third-order valence-corrected chi connectivity index (χ3v) is 2.52. The SMILES string of the molecule is CCn1cc(NC(=O)Oc2ccccc2)ccc1=O. The molecule has 2 aromatic rings. The summed E-state index contributed by atoms with van der Waals surface area (Å²) >= 11 is 0. The van der Waals surface area contributed by atoms with Gasteiger partial charge in [-0.3, -0.25) is 10.1 Å². The summed E-state index contributed by atoms with van der Waals surface area (Å²) in [4.78, 5) is 23.0. The van der Waals surface area contributed by atoms with Crippen LogP contribution in [0.2, 0.25) is 0 Å². The highest BCUT2D eigenvalue weighted by atomic mass is 16.6. The number of ether oxygens (including phenoxy) is 1. The Labute approximate surface area is 110 Å². The number of nitrogens with one attached hydrogen (secondary N) is 1. The van der Waals surface area contributed by atoms with E-state index in [9.17, 15) is 9.59 Å². The van der Waals surface area contributed by atoms with Crippen LogP contribution in [-0.2, 0) is 6.54 Å². The molecule has 1 amide bonds. The van der Waals surface area contributed by atoms with Crippen molar-refractivity contribution < 1.29 is 9.53 Å². The molecule has 0 aliphatic rings. The van der Waals surface area contributed by atoms with Crippen LogP contribution in [0.15, 0.2) is 53.5 Å². The van der Waals surface area contributed by atoms with E-state index in [1.807, 2.05) is 13.0 Å². The summed E-state index contributed by atoms with van der Waals surface area (Å²) in [5.41, 5.74) is 0.409. The molecule has 5 nitrogen and oxygen atoms in total. The second-order valence-electron chi connectivity index (χ2n) is 3.87. The van der Waals surface area contributed by atoms with E-state index >= 15 is 0 Å². The van der Waals surface area contributed by atoms with Crippen LogP contribution in [0.1, 0.15) is 6.92 Å². The fourth-order valence-corrected chi connectivity index (χ4v) is 1.59. The minimum atomic E-state index is -0.590. The van der Waals surface area contributed by atoms with Crippen molar-refractivity contribution in [1.29, 1.82) is 0 Å². The molecule has 0 saturated carbocycles. The number of benzene rings is 1. The summed E-state index contributed by atoms with van der Waals surface area (Å²) in [7, 11) is 0. The van der Waals surface area contributed by atoms with E-state index in [2.05, 4.69) is 5.32 Å². The van der Waals surface area contributed by atoms with Crippen molar-refractivity contribution in [3.63, 3.8) is 0 Å². The lowest BCUT2D eigenvalue weighted by molar-refractivity contribution is 0.215. The van der Waals surface area contributed by atoms with Gasteiger partial charge in [0.05, 0.1) is 5.69 Å². The zero-order valence-electron chi connectivity index (χ0n) is 10.5. The highest BCUT2D eigenvalue weighted by molar-refractivity contribution is 5.85. The standard InChI is InChI=1S/C14H14N2O3/c1-2-16-10-11(8-9-13(16)17)15-14(18)19-12-6-4-3-5-7-12/h3-10H,2H2,1H3,(H,15,18). The Kier molecular flexibility index (Phi) is 3.97. The molecule has 0 spiro atoms. The van der Waals surface area contributed by atoms with Gasteiger partial charge in [-0.2, -0.15) is 0 Å². The number of anilines is 1. The van der Waals surface area contributed by atoms with Crippen LogP contribution in [0.3, 0.4) is 0 Å². The third-order valence-electron chi connectivity index (χ3n) is 2.52. The molecule has 0 atom stereocenters. The first-order valence-corrected chi connectivity index (χ1v) is 5.93. The topological polar surface area (TPSA) is 60.3 Å². The molecule has 2 rings (SSSR count). The van der Waals surface area contributed by atoms with Crippen LogP contribution in [0, 0.1) is 0 Å². The molecular formula is C14H14N2O3. The molecule has 0 aliphatic heterocycles. The number of pyridine rings is 1. The van der Waals surface area contributed by atoms with Crippen molar-refractivity contribution in [3.05, 3.63) is 59.0 Å². The summed E-state index contributed by atoms with van der Waals surface area (Å²) < 4.78 is 6.58. The van der Waals surface area contributed by atoms with Gasteiger partial charge in [0, 0.05) is 18.8 Å². The van der Waals surface area contributed by atoms with Gasteiger partial charge in [-0.15, -0.1) is 0 Å². The zero-order valence-corrected chi connectivity index (χ0v) is 10.5. The van der Waals surface area contributed by atoms with E-state index in [-0.39, 0.29) is 5.56 Å². The van der Waals surface area contributed by atoms with Crippen molar-refractivity contribution in [2.24, 2.45) is 0 Å². The molecule has 98 valence electrons. The Morgan fingerprint density at radius 2 is 1.95 bits per heavy atom. The predicted octanol–water partition coefficient (Wildman–Crippen LogP) is 2.48. The lowest BCUT2D eigenvalue weighted by Crippen LogP contribution is -2.21. The van der Waals surface area contributed by atoms with Crippen molar-refractivity contribution in [1.82, 2.24) is 4.57 Å². The van der Waals surface area contributed by atoms with Gasteiger partial charge in [-0.1, -0.05) is 18.2 Å². The third kappa shape index (κ3) is 3.45. The summed E-state index contributed by atoms with van der Waals surface area (Å²) in [6, 6.07) is 11.7. The highest BCUT2D eigenvalue weighted by Crippen LogP contribution is 2.10. The Balaban J connectivity index is 2.05. The molecule has 0 saturated heterocycles. The minimum Gasteiger partial charge on any atom is -0.410 e. The van der Waals surface area contributed by atoms with Gasteiger partial charge in [0.2, 0.25) is 0 Å². The predicted molar refractivity (Wildman–Crippen MR) is 72.5 cm³/mol. The van der Waals surface area contributed by atoms with Crippen molar-refractivity contribution in [3.8, 4) is 5.75 Å². The van der Waals surface area contributed by atoms with Crippen LogP contribution in [0.4, 0.5) is 10.5 Å². The number of hydrogen-bond acceptors (Lipinski definition) is 3. The van der Waals surface area contributed by atoms with Gasteiger partial charge < -0.3 is 9.30 Å². The number of carbonyl (C=O) groups is 1. The maximum Gasteiger partial charge on any atom is 0.417 e. The number of amides is 1. The molecule has 0 radical (unpaired) electrons. The Morgan fingerprint density at radius 1 is 1.21 bits per heavy atom. The second-order valence-corrected chi connectivity index (χ2v) is 3.87. The van der Waals surface area contributed by atoms with Crippen molar-refractivity contribution >= 4 is 11.8 Å². The van der Waals surface area contributed by atoms with Crippen LogP contribution in [0.5, 0.6) is 5.75 Å². The molecule has 1 aromatic carbocycles. The molecule has 0 fully saturated rings. The average Bonchev–Trinajstić information content (AvgIpc) is 2.42. The van der Waals surface area contributed by atoms with Crippen LogP contribution in [-0.4, -0.2) is 10.7 Å². The zero-order chi connectivity index (χ0) is 13.7. The number of nitrogens with zero attached hydrogens (tertiary/aromatic N) is 1. The van der Waals surface area contributed by atoms with Crippen LogP contribution < -0.4 is 15.6 Å². The van der Waals surface area contributed by atoms with Gasteiger partial charge in [-0.05, 0) is 25.1 Å². The van der Waals surface area contributed by atoms with Gasteiger partial charge in [0.15, 0.2) is 0 Å². The average molecular weight is 258 g/mol. The number of carbonyl (C=O) groups excluding carboxylic acids is 1. The van der Waals surface area contributed by atoms with Gasteiger partial charge in [-0.25, -0.2) is 4.79 Å². The lowest BCUT2D eigenvalue weighted by Gasteiger charge is -2.08. The van der Waals surface area contributed by atoms with E-state index in [0.29, 0.717) is 18.0 Å². The smallest absolute Gasteiger partial charge is 0.410 e. The number of rotatable bonds is 3. The van der Waals surface area contributed by atoms with E-state index in [0.717, 1.165) is 0 Å². The lowest BCUT2D eigenvalue weighted by atomic mass is 10.3. The monoisotopic (exact) mass is 258 g/mol. The molecule has 0 aliphatic carbocycles. The van der Waals surface area contributed by atoms with Crippen molar-refractivity contribution in [2.75, 3.05) is 5.32 Å². The molecule has 0 unspecified atom stereocenters. The second kappa shape index (κ2) is 5.86. The normalized spacial score (nSPS) is 9.95. The molecule has 0 bridgehead atoms. The van der Waals surface area contributed by atoms with E-state index < -0.39 is 6.09 Å². The number of aryl methyl sites for hydroxylation is 1. The van der Waals surface area contributed by atoms with Crippen molar-refractivity contribution in [2.45, 2.75) is 13.5 Å². The largest absolute Gasteiger partial charge is 0.417 e. The van der Waals surface area contributed by atoms with Gasteiger partial charge in [0.1, 0.15) is 5.75 Å². The van der Waals surface area contributed by atoms with E-state index in [1.165, 1.54) is 10.6 Å². The van der Waals surface area contributed by atoms with Crippen LogP contribution >= 0.6 is 0 Å². The first kappa shape index (κ1) is 12.9. The first-order chi connectivity index (χ1) is 9.19. The molecule has 19 heavy (non-hydrogen) atoms. The molecule has 1 heterocycles. The molecular weight excluding hydrogens is 244 g/mol. The Bertz CT molecular complexity index is 620. The summed E-state index contributed by atoms with van der Waals surface area (Å²) in [6.07, 6.45) is 0.988. The van der Waals surface area contributed by atoms with E-state index in [1.54, 1.807) is 36.5 Å². The fourth-order valence-electron chi connectivity index (χ4n) is 1.59. The number of hydrogen-bond donors (Lipinski definition) is 1. The van der Waals surface area contributed by atoms with E-state index in [4.69, 9.17) is 4.74 Å². The summed E-state index contributed by atoms with van der Waals surface area (Å²) in [5.74, 6) is 0.462. The summed E-state index contributed by atoms with van der Waals surface area (Å²) in [6.45, 7) is 2.40. The minimum absolute atomic E-state index is 0.107. The highest BCUT2D eigenvalue weighted by Gasteiger charge is 2.05. The van der Waals surface area contributed by atoms with Gasteiger partial charge in [0.25, 0.3) is 5.56 Å². The maximum absolute atomic E-state index is 11.6. The Morgan fingerprint density at radius 3 is 2.63 bits per heavy atom. The Hall–Kier alpha value is -2.56. The molecule has 1 aromatic heterocycles. The molecule has 5 heteroatoms.